The lowest BCUT2D eigenvalue weighted by atomic mass is 10.1. The van der Waals surface area contributed by atoms with Crippen LogP contribution in [0.4, 0.5) is 5.69 Å². The predicted molar refractivity (Wildman–Crippen MR) is 83.4 cm³/mol. The normalized spacial score (nSPS) is 12.8. The molecule has 4 heteroatoms. The van der Waals surface area contributed by atoms with Crippen LogP contribution < -0.4 is 10.2 Å². The van der Waals surface area contributed by atoms with E-state index in [4.69, 9.17) is 0 Å². The highest BCUT2D eigenvalue weighted by Crippen LogP contribution is 2.28. The molecule has 0 heterocycles. The van der Waals surface area contributed by atoms with Gasteiger partial charge >= 0.3 is 0 Å². The molecule has 0 saturated carbocycles. The third-order valence-corrected chi connectivity index (χ3v) is 3.68. The summed E-state index contributed by atoms with van der Waals surface area (Å²) < 4.78 is 1.13. The molecule has 0 radical (unpaired) electrons. The molecule has 0 spiro atoms. The van der Waals surface area contributed by atoms with Gasteiger partial charge in [0.05, 0.1) is 0 Å². The fourth-order valence-corrected chi connectivity index (χ4v) is 2.22. The topological polar surface area (TPSA) is 18.5 Å². The second-order valence-electron chi connectivity index (χ2n) is 4.94. The van der Waals surface area contributed by atoms with Crippen LogP contribution in [0.3, 0.4) is 0 Å². The van der Waals surface area contributed by atoms with Gasteiger partial charge in [-0.15, -0.1) is 0 Å². The van der Waals surface area contributed by atoms with Crippen LogP contribution >= 0.6 is 15.9 Å². The third-order valence-electron chi connectivity index (χ3n) is 3.18. The Labute approximate surface area is 119 Å². The monoisotopic (exact) mass is 313 g/mol. The smallest absolute Gasteiger partial charge is 0.0413 e. The Hall–Kier alpha value is -0.580. The summed E-state index contributed by atoms with van der Waals surface area (Å²) in [4.78, 5) is 4.52. The predicted octanol–water partition coefficient (Wildman–Crippen LogP) is 2.73. The van der Waals surface area contributed by atoms with Gasteiger partial charge in [-0.1, -0.05) is 15.9 Å². The highest BCUT2D eigenvalue weighted by Gasteiger charge is 2.12. The second-order valence-corrected chi connectivity index (χ2v) is 5.85. The molecule has 0 amide bonds. The Kier molecular flexibility index (Phi) is 6.12. The van der Waals surface area contributed by atoms with E-state index in [9.17, 15) is 0 Å². The summed E-state index contributed by atoms with van der Waals surface area (Å²) >= 11 is 3.55. The van der Waals surface area contributed by atoms with Crippen molar-refractivity contribution in [3.63, 3.8) is 0 Å². The average Bonchev–Trinajstić information content (AvgIpc) is 2.34. The van der Waals surface area contributed by atoms with Crippen molar-refractivity contribution in [2.45, 2.75) is 13.0 Å². The van der Waals surface area contributed by atoms with Crippen LogP contribution in [0.1, 0.15) is 18.5 Å². The highest BCUT2D eigenvalue weighted by atomic mass is 79.9. The van der Waals surface area contributed by atoms with Crippen molar-refractivity contribution in [1.29, 1.82) is 0 Å². The van der Waals surface area contributed by atoms with Crippen LogP contribution in [-0.2, 0) is 0 Å². The summed E-state index contributed by atoms with van der Waals surface area (Å²) in [5.74, 6) is 0. The highest BCUT2D eigenvalue weighted by molar-refractivity contribution is 9.10. The van der Waals surface area contributed by atoms with E-state index < -0.39 is 0 Å². The number of hydrogen-bond donors (Lipinski definition) is 1. The van der Waals surface area contributed by atoms with E-state index >= 15 is 0 Å². The molecular formula is C14H24BrN3. The lowest BCUT2D eigenvalue weighted by molar-refractivity contribution is 0.416. The first-order chi connectivity index (χ1) is 8.45. The molecule has 0 aliphatic rings. The van der Waals surface area contributed by atoms with Crippen molar-refractivity contribution >= 4 is 21.6 Å². The summed E-state index contributed by atoms with van der Waals surface area (Å²) in [5.41, 5.74) is 2.62. The number of nitrogens with one attached hydrogen (secondary N) is 1. The first-order valence-corrected chi connectivity index (χ1v) is 7.07. The van der Waals surface area contributed by atoms with Crippen molar-refractivity contribution in [3.8, 4) is 0 Å². The van der Waals surface area contributed by atoms with Crippen LogP contribution in [-0.4, -0.2) is 46.2 Å². The van der Waals surface area contributed by atoms with Gasteiger partial charge in [0.2, 0.25) is 0 Å². The van der Waals surface area contributed by atoms with E-state index in [1.54, 1.807) is 0 Å². The molecule has 0 saturated heterocycles. The minimum atomic E-state index is 0.347. The van der Waals surface area contributed by atoms with E-state index in [1.807, 2.05) is 7.05 Å². The molecule has 1 N–H and O–H groups in total. The maximum absolute atomic E-state index is 3.55. The summed E-state index contributed by atoms with van der Waals surface area (Å²) in [6, 6.07) is 6.83. The molecule has 1 rings (SSSR count). The molecular weight excluding hydrogens is 290 g/mol. The molecule has 1 atom stereocenters. The number of benzene rings is 1. The minimum Gasteiger partial charge on any atom is -0.373 e. The second kappa shape index (κ2) is 7.12. The van der Waals surface area contributed by atoms with Crippen molar-refractivity contribution < 1.29 is 0 Å². The largest absolute Gasteiger partial charge is 0.373 e. The van der Waals surface area contributed by atoms with Crippen molar-refractivity contribution in [3.05, 3.63) is 28.2 Å². The van der Waals surface area contributed by atoms with Gasteiger partial charge in [0.1, 0.15) is 0 Å². The molecule has 0 fully saturated rings. The Balaban J connectivity index is 2.92. The number of anilines is 1. The van der Waals surface area contributed by atoms with Crippen LogP contribution in [0.25, 0.3) is 0 Å². The Morgan fingerprint density at radius 3 is 2.44 bits per heavy atom. The molecule has 1 unspecified atom stereocenters. The van der Waals surface area contributed by atoms with Crippen LogP contribution in [0.5, 0.6) is 0 Å². The number of likely N-dealkylation sites (N-methyl/N-ethyl adjacent to an activating group) is 2. The number of rotatable bonds is 6. The van der Waals surface area contributed by atoms with Gasteiger partial charge in [-0.3, -0.25) is 0 Å². The Bertz CT molecular complexity index is 379. The quantitative estimate of drug-likeness (QED) is 0.871. The van der Waals surface area contributed by atoms with Gasteiger partial charge in [0, 0.05) is 36.3 Å². The van der Waals surface area contributed by atoms with Crippen molar-refractivity contribution in [2.75, 3.05) is 46.2 Å². The Morgan fingerprint density at radius 1 is 1.22 bits per heavy atom. The minimum absolute atomic E-state index is 0.347. The number of halogens is 1. The van der Waals surface area contributed by atoms with E-state index in [1.165, 1.54) is 11.3 Å². The molecule has 3 nitrogen and oxygen atoms in total. The van der Waals surface area contributed by atoms with Crippen molar-refractivity contribution in [2.24, 2.45) is 0 Å². The zero-order valence-electron chi connectivity index (χ0n) is 12.0. The van der Waals surface area contributed by atoms with Gasteiger partial charge in [0.25, 0.3) is 0 Å². The van der Waals surface area contributed by atoms with E-state index in [0.717, 1.165) is 17.6 Å². The molecule has 1 aromatic rings. The number of hydrogen-bond acceptors (Lipinski definition) is 3. The van der Waals surface area contributed by atoms with Gasteiger partial charge in [0.15, 0.2) is 0 Å². The summed E-state index contributed by atoms with van der Waals surface area (Å²) in [6.07, 6.45) is 0. The molecule has 102 valence electrons. The van der Waals surface area contributed by atoms with Gasteiger partial charge in [-0.25, -0.2) is 0 Å². The molecule has 1 aromatic carbocycles. The van der Waals surface area contributed by atoms with E-state index in [-0.39, 0.29) is 0 Å². The maximum Gasteiger partial charge on any atom is 0.0413 e. The van der Waals surface area contributed by atoms with E-state index in [2.05, 4.69) is 77.3 Å². The molecule has 18 heavy (non-hydrogen) atoms. The van der Waals surface area contributed by atoms with Gasteiger partial charge < -0.3 is 15.1 Å². The molecule has 0 aliphatic heterocycles. The first-order valence-electron chi connectivity index (χ1n) is 6.28. The van der Waals surface area contributed by atoms with Gasteiger partial charge in [-0.05, 0) is 51.8 Å². The summed E-state index contributed by atoms with van der Waals surface area (Å²) in [5, 5.41) is 3.31. The van der Waals surface area contributed by atoms with Crippen LogP contribution in [0.2, 0.25) is 0 Å². The molecule has 0 aliphatic carbocycles. The van der Waals surface area contributed by atoms with E-state index in [0.29, 0.717) is 6.04 Å². The van der Waals surface area contributed by atoms with Gasteiger partial charge in [-0.2, -0.15) is 0 Å². The summed E-state index contributed by atoms with van der Waals surface area (Å²) in [7, 11) is 8.35. The first kappa shape index (κ1) is 15.5. The maximum atomic E-state index is 3.55. The fraction of sp³-hybridized carbons (Fsp3) is 0.571. The Morgan fingerprint density at radius 2 is 1.89 bits per heavy atom. The zero-order chi connectivity index (χ0) is 13.7. The zero-order valence-corrected chi connectivity index (χ0v) is 13.6. The lowest BCUT2D eigenvalue weighted by Crippen LogP contribution is -2.29. The van der Waals surface area contributed by atoms with Crippen molar-refractivity contribution in [1.82, 2.24) is 10.2 Å². The molecule has 0 aromatic heterocycles. The standard InChI is InChI=1S/C14H24BrN3/c1-11(16-2)13-10-12(15)6-7-14(13)18(5)9-8-17(3)4/h6-7,10-11,16H,8-9H2,1-5H3. The number of nitrogens with zero attached hydrogens (tertiary/aromatic N) is 2. The third kappa shape index (κ3) is 4.26. The summed E-state index contributed by atoms with van der Waals surface area (Å²) in [6.45, 7) is 4.27. The van der Waals surface area contributed by atoms with Crippen LogP contribution in [0.15, 0.2) is 22.7 Å². The average molecular weight is 314 g/mol. The van der Waals surface area contributed by atoms with Crippen LogP contribution in [0, 0.1) is 0 Å². The lowest BCUT2D eigenvalue weighted by Gasteiger charge is -2.26. The fourth-order valence-electron chi connectivity index (χ4n) is 1.85. The molecule has 0 bridgehead atoms. The SMILES string of the molecule is CNC(C)c1cc(Br)ccc1N(C)CCN(C)C.